The fraction of sp³-hybridized carbons (Fsp3) is 0.750. The standard InChI is InChI=1S/C12H24N2O/c1-3-5-6-7-8-10-14-12(15)11(13)9-4-2/h6-7,11H,3-5,8-10,13H2,1-2H3,(H,14,15)/b7-6+/t11-/m0/s1. The maximum atomic E-state index is 11.4. The van der Waals surface area contributed by atoms with Crippen LogP contribution in [0, 0.1) is 0 Å². The second-order valence-electron chi connectivity index (χ2n) is 3.73. The van der Waals surface area contributed by atoms with Gasteiger partial charge in [-0.05, 0) is 19.3 Å². The smallest absolute Gasteiger partial charge is 0.236 e. The lowest BCUT2D eigenvalue weighted by Gasteiger charge is -2.09. The SMILES string of the molecule is CCC/C=C/CCNC(=O)[C@@H](N)CCC. The number of carbonyl (C=O) groups excluding carboxylic acids is 1. The van der Waals surface area contributed by atoms with E-state index in [0.29, 0.717) is 6.54 Å². The Hall–Kier alpha value is -0.830. The molecule has 88 valence electrons. The number of carbonyl (C=O) groups is 1. The Morgan fingerprint density at radius 3 is 2.53 bits per heavy atom. The van der Waals surface area contributed by atoms with Gasteiger partial charge >= 0.3 is 0 Å². The summed E-state index contributed by atoms with van der Waals surface area (Å²) in [4.78, 5) is 11.4. The highest BCUT2D eigenvalue weighted by atomic mass is 16.2. The first kappa shape index (κ1) is 14.2. The zero-order valence-electron chi connectivity index (χ0n) is 9.96. The number of allylic oxidation sites excluding steroid dienone is 1. The summed E-state index contributed by atoms with van der Waals surface area (Å²) >= 11 is 0. The molecule has 15 heavy (non-hydrogen) atoms. The van der Waals surface area contributed by atoms with Crippen LogP contribution in [0.15, 0.2) is 12.2 Å². The minimum Gasteiger partial charge on any atom is -0.354 e. The van der Waals surface area contributed by atoms with Crippen molar-refractivity contribution in [2.75, 3.05) is 6.54 Å². The minimum absolute atomic E-state index is 0.0271. The van der Waals surface area contributed by atoms with Crippen molar-refractivity contribution < 1.29 is 4.79 Å². The molecule has 0 fully saturated rings. The molecule has 0 radical (unpaired) electrons. The zero-order valence-corrected chi connectivity index (χ0v) is 9.96. The molecular weight excluding hydrogens is 188 g/mol. The van der Waals surface area contributed by atoms with Gasteiger partial charge in [-0.2, -0.15) is 0 Å². The quantitative estimate of drug-likeness (QED) is 0.477. The van der Waals surface area contributed by atoms with Crippen molar-refractivity contribution in [1.82, 2.24) is 5.32 Å². The number of unbranched alkanes of at least 4 members (excludes halogenated alkanes) is 1. The van der Waals surface area contributed by atoms with Gasteiger partial charge in [-0.25, -0.2) is 0 Å². The highest BCUT2D eigenvalue weighted by Gasteiger charge is 2.10. The number of nitrogens with one attached hydrogen (secondary N) is 1. The predicted octanol–water partition coefficient (Wildman–Crippen LogP) is 1.98. The van der Waals surface area contributed by atoms with Crippen molar-refractivity contribution >= 4 is 5.91 Å². The summed E-state index contributed by atoms with van der Waals surface area (Å²) in [5.41, 5.74) is 5.66. The molecule has 0 saturated carbocycles. The van der Waals surface area contributed by atoms with Crippen molar-refractivity contribution in [3.8, 4) is 0 Å². The Kier molecular flexibility index (Phi) is 9.18. The number of hydrogen-bond acceptors (Lipinski definition) is 2. The van der Waals surface area contributed by atoms with Crippen LogP contribution in [0.4, 0.5) is 0 Å². The molecule has 0 bridgehead atoms. The Balaban J connectivity index is 3.46. The maximum Gasteiger partial charge on any atom is 0.236 e. The van der Waals surface area contributed by atoms with E-state index >= 15 is 0 Å². The second-order valence-corrected chi connectivity index (χ2v) is 3.73. The molecule has 1 amide bonds. The lowest BCUT2D eigenvalue weighted by molar-refractivity contribution is -0.122. The van der Waals surface area contributed by atoms with Crippen molar-refractivity contribution in [2.45, 2.75) is 52.0 Å². The molecule has 0 aliphatic carbocycles. The molecule has 0 rings (SSSR count). The van der Waals surface area contributed by atoms with Crippen LogP contribution in [0.3, 0.4) is 0 Å². The highest BCUT2D eigenvalue weighted by Crippen LogP contribution is 1.93. The molecule has 0 heterocycles. The van der Waals surface area contributed by atoms with Crippen molar-refractivity contribution in [1.29, 1.82) is 0 Å². The summed E-state index contributed by atoms with van der Waals surface area (Å²) in [6.07, 6.45) is 9.15. The largest absolute Gasteiger partial charge is 0.354 e. The van der Waals surface area contributed by atoms with Crippen LogP contribution in [-0.2, 0) is 4.79 Å². The fourth-order valence-corrected chi connectivity index (χ4v) is 1.25. The van der Waals surface area contributed by atoms with Crippen LogP contribution >= 0.6 is 0 Å². The Labute approximate surface area is 93.1 Å². The molecule has 0 aromatic carbocycles. The molecule has 0 spiro atoms. The summed E-state index contributed by atoms with van der Waals surface area (Å²) in [6.45, 7) is 4.87. The molecular formula is C12H24N2O. The molecule has 0 saturated heterocycles. The average Bonchev–Trinajstić information content (AvgIpc) is 2.23. The summed E-state index contributed by atoms with van der Waals surface area (Å²) < 4.78 is 0. The molecule has 0 aromatic heterocycles. The first-order valence-corrected chi connectivity index (χ1v) is 5.90. The van der Waals surface area contributed by atoms with E-state index in [-0.39, 0.29) is 11.9 Å². The number of amides is 1. The van der Waals surface area contributed by atoms with Crippen LogP contribution in [0.1, 0.15) is 46.0 Å². The number of rotatable bonds is 8. The third-order valence-electron chi connectivity index (χ3n) is 2.17. The maximum absolute atomic E-state index is 11.4. The van der Waals surface area contributed by atoms with E-state index in [0.717, 1.165) is 25.7 Å². The predicted molar refractivity (Wildman–Crippen MR) is 64.6 cm³/mol. The van der Waals surface area contributed by atoms with Crippen LogP contribution in [-0.4, -0.2) is 18.5 Å². The van der Waals surface area contributed by atoms with E-state index in [1.54, 1.807) is 0 Å². The Bertz CT molecular complexity index is 190. The number of nitrogens with two attached hydrogens (primary N) is 1. The van der Waals surface area contributed by atoms with Crippen molar-refractivity contribution in [2.24, 2.45) is 5.73 Å². The Morgan fingerprint density at radius 2 is 1.93 bits per heavy atom. The van der Waals surface area contributed by atoms with Gasteiger partial charge in [-0.15, -0.1) is 0 Å². The van der Waals surface area contributed by atoms with E-state index < -0.39 is 0 Å². The van der Waals surface area contributed by atoms with E-state index in [1.807, 2.05) is 6.92 Å². The molecule has 3 nitrogen and oxygen atoms in total. The van der Waals surface area contributed by atoms with Gasteiger partial charge in [-0.1, -0.05) is 38.8 Å². The summed E-state index contributed by atoms with van der Waals surface area (Å²) in [5, 5.41) is 2.83. The molecule has 0 aliphatic heterocycles. The van der Waals surface area contributed by atoms with Gasteiger partial charge < -0.3 is 11.1 Å². The van der Waals surface area contributed by atoms with E-state index in [4.69, 9.17) is 5.73 Å². The summed E-state index contributed by atoms with van der Waals surface area (Å²) in [6, 6.07) is -0.338. The third kappa shape index (κ3) is 8.18. The van der Waals surface area contributed by atoms with Crippen molar-refractivity contribution in [3.63, 3.8) is 0 Å². The molecule has 3 heteroatoms. The molecule has 1 atom stereocenters. The van der Waals surface area contributed by atoms with Gasteiger partial charge in [0.2, 0.25) is 5.91 Å². The Morgan fingerprint density at radius 1 is 1.27 bits per heavy atom. The van der Waals surface area contributed by atoms with E-state index in [1.165, 1.54) is 6.42 Å². The number of hydrogen-bond donors (Lipinski definition) is 2. The van der Waals surface area contributed by atoms with Crippen molar-refractivity contribution in [3.05, 3.63) is 12.2 Å². The lowest BCUT2D eigenvalue weighted by atomic mass is 10.1. The molecule has 0 aliphatic rings. The van der Waals surface area contributed by atoms with Gasteiger partial charge in [0.05, 0.1) is 6.04 Å². The highest BCUT2D eigenvalue weighted by molar-refractivity contribution is 5.81. The van der Waals surface area contributed by atoms with Crippen LogP contribution in [0.5, 0.6) is 0 Å². The van der Waals surface area contributed by atoms with Gasteiger partial charge in [0.15, 0.2) is 0 Å². The van der Waals surface area contributed by atoms with E-state index in [9.17, 15) is 4.79 Å². The summed E-state index contributed by atoms with van der Waals surface area (Å²) in [5.74, 6) is -0.0271. The molecule has 0 aromatic rings. The van der Waals surface area contributed by atoms with E-state index in [2.05, 4.69) is 24.4 Å². The van der Waals surface area contributed by atoms with Crippen LogP contribution in [0.25, 0.3) is 0 Å². The third-order valence-corrected chi connectivity index (χ3v) is 2.17. The first-order valence-electron chi connectivity index (χ1n) is 5.90. The fourth-order valence-electron chi connectivity index (χ4n) is 1.25. The zero-order chi connectivity index (χ0) is 11.5. The van der Waals surface area contributed by atoms with Crippen LogP contribution in [0.2, 0.25) is 0 Å². The van der Waals surface area contributed by atoms with Crippen LogP contribution < -0.4 is 11.1 Å². The topological polar surface area (TPSA) is 55.1 Å². The first-order chi connectivity index (χ1) is 7.22. The normalized spacial score (nSPS) is 13.0. The average molecular weight is 212 g/mol. The van der Waals surface area contributed by atoms with Gasteiger partial charge in [-0.3, -0.25) is 4.79 Å². The minimum atomic E-state index is -0.338. The van der Waals surface area contributed by atoms with Gasteiger partial charge in [0.25, 0.3) is 0 Å². The summed E-state index contributed by atoms with van der Waals surface area (Å²) in [7, 11) is 0. The molecule has 3 N–H and O–H groups in total. The van der Waals surface area contributed by atoms with Gasteiger partial charge in [0.1, 0.15) is 0 Å². The second kappa shape index (κ2) is 9.71. The monoisotopic (exact) mass is 212 g/mol. The molecule has 0 unspecified atom stereocenters. The lowest BCUT2D eigenvalue weighted by Crippen LogP contribution is -2.40. The van der Waals surface area contributed by atoms with Gasteiger partial charge in [0, 0.05) is 6.54 Å².